The lowest BCUT2D eigenvalue weighted by molar-refractivity contribution is 0.561. The van der Waals surface area contributed by atoms with E-state index >= 15 is 0 Å². The number of fused-ring (bicyclic) bond motifs is 3. The molecule has 0 N–H and O–H groups in total. The van der Waals surface area contributed by atoms with Crippen molar-refractivity contribution < 1.29 is 13.2 Å². The molecule has 0 atom stereocenters. The van der Waals surface area contributed by atoms with Gasteiger partial charge in [-0.05, 0) is 48.0 Å². The highest BCUT2D eigenvalue weighted by molar-refractivity contribution is 6.31. The predicted octanol–water partition coefficient (Wildman–Crippen LogP) is 6.11. The molecular weight excluding hydrogens is 318 g/mol. The summed E-state index contributed by atoms with van der Waals surface area (Å²) in [6, 6.07) is 14.8. The standard InChI is InChI=1S/C19H11ClF2O/c20-12-5-7-19-14(10-12)13-8-11(4-6-18(13)23-19)9-15-16(21)2-1-3-17(15)22/h1-8,10H,9H2. The Kier molecular flexibility index (Phi) is 3.31. The highest BCUT2D eigenvalue weighted by Gasteiger charge is 2.12. The highest BCUT2D eigenvalue weighted by Crippen LogP contribution is 2.32. The van der Waals surface area contributed by atoms with Crippen LogP contribution in [0.5, 0.6) is 0 Å². The maximum Gasteiger partial charge on any atom is 0.135 e. The van der Waals surface area contributed by atoms with E-state index in [4.69, 9.17) is 16.0 Å². The van der Waals surface area contributed by atoms with Gasteiger partial charge in [0, 0.05) is 27.8 Å². The molecule has 114 valence electrons. The summed E-state index contributed by atoms with van der Waals surface area (Å²) in [7, 11) is 0. The maximum atomic E-state index is 13.8. The van der Waals surface area contributed by atoms with Crippen LogP contribution in [0.2, 0.25) is 5.02 Å². The van der Waals surface area contributed by atoms with Crippen LogP contribution in [-0.4, -0.2) is 0 Å². The Hall–Kier alpha value is -2.39. The molecule has 0 aliphatic heterocycles. The van der Waals surface area contributed by atoms with Gasteiger partial charge in [0.05, 0.1) is 0 Å². The van der Waals surface area contributed by atoms with Crippen LogP contribution in [0, 0.1) is 11.6 Å². The molecule has 0 amide bonds. The molecule has 0 aliphatic rings. The highest BCUT2D eigenvalue weighted by atomic mass is 35.5. The van der Waals surface area contributed by atoms with E-state index in [1.54, 1.807) is 6.07 Å². The molecule has 1 aromatic heterocycles. The minimum Gasteiger partial charge on any atom is -0.456 e. The molecular formula is C19H11ClF2O. The monoisotopic (exact) mass is 328 g/mol. The average Bonchev–Trinajstić information content (AvgIpc) is 2.88. The average molecular weight is 329 g/mol. The molecule has 1 heterocycles. The van der Waals surface area contributed by atoms with Gasteiger partial charge in [0.2, 0.25) is 0 Å². The van der Waals surface area contributed by atoms with Crippen molar-refractivity contribution in [3.63, 3.8) is 0 Å². The van der Waals surface area contributed by atoms with Gasteiger partial charge in [-0.1, -0.05) is 23.7 Å². The van der Waals surface area contributed by atoms with Gasteiger partial charge < -0.3 is 4.42 Å². The fraction of sp³-hybridized carbons (Fsp3) is 0.0526. The van der Waals surface area contributed by atoms with Crippen LogP contribution in [0.25, 0.3) is 21.9 Å². The normalized spacial score (nSPS) is 11.4. The molecule has 4 heteroatoms. The molecule has 23 heavy (non-hydrogen) atoms. The van der Waals surface area contributed by atoms with E-state index in [0.29, 0.717) is 5.02 Å². The van der Waals surface area contributed by atoms with Gasteiger partial charge in [-0.2, -0.15) is 0 Å². The Morgan fingerprint density at radius 3 is 2.22 bits per heavy atom. The van der Waals surface area contributed by atoms with Gasteiger partial charge in [-0.25, -0.2) is 8.78 Å². The number of hydrogen-bond acceptors (Lipinski definition) is 1. The molecule has 3 aromatic carbocycles. The van der Waals surface area contributed by atoms with Crippen molar-refractivity contribution in [1.82, 2.24) is 0 Å². The summed E-state index contributed by atoms with van der Waals surface area (Å²) < 4.78 is 33.4. The molecule has 4 aromatic rings. The molecule has 0 fully saturated rings. The Bertz CT molecular complexity index is 1020. The topological polar surface area (TPSA) is 13.1 Å². The summed E-state index contributed by atoms with van der Waals surface area (Å²) in [5, 5.41) is 2.39. The van der Waals surface area contributed by atoms with E-state index < -0.39 is 11.6 Å². The van der Waals surface area contributed by atoms with E-state index in [1.807, 2.05) is 30.3 Å². The largest absolute Gasteiger partial charge is 0.456 e. The van der Waals surface area contributed by atoms with Gasteiger partial charge >= 0.3 is 0 Å². The molecule has 0 radical (unpaired) electrons. The summed E-state index contributed by atoms with van der Waals surface area (Å²) >= 11 is 6.05. The van der Waals surface area contributed by atoms with E-state index in [2.05, 4.69) is 0 Å². The van der Waals surface area contributed by atoms with Crippen molar-refractivity contribution in [2.24, 2.45) is 0 Å². The number of benzene rings is 3. The first-order chi connectivity index (χ1) is 11.1. The van der Waals surface area contributed by atoms with Crippen molar-refractivity contribution in [1.29, 1.82) is 0 Å². The second-order valence-electron chi connectivity index (χ2n) is 5.45. The zero-order valence-electron chi connectivity index (χ0n) is 11.9. The number of halogens is 3. The van der Waals surface area contributed by atoms with Gasteiger partial charge in [0.25, 0.3) is 0 Å². The third-order valence-electron chi connectivity index (χ3n) is 3.94. The van der Waals surface area contributed by atoms with E-state index in [1.165, 1.54) is 18.2 Å². The van der Waals surface area contributed by atoms with E-state index in [-0.39, 0.29) is 12.0 Å². The van der Waals surface area contributed by atoms with Crippen molar-refractivity contribution in [2.45, 2.75) is 6.42 Å². The quantitative estimate of drug-likeness (QED) is 0.433. The van der Waals surface area contributed by atoms with Crippen molar-refractivity contribution in [3.8, 4) is 0 Å². The van der Waals surface area contributed by atoms with Gasteiger partial charge in [0.15, 0.2) is 0 Å². The minimum atomic E-state index is -0.537. The van der Waals surface area contributed by atoms with Crippen LogP contribution in [0.15, 0.2) is 59.0 Å². The molecule has 0 unspecified atom stereocenters. The Balaban J connectivity index is 1.85. The Labute approximate surface area is 136 Å². The van der Waals surface area contributed by atoms with E-state index in [9.17, 15) is 8.78 Å². The summed E-state index contributed by atoms with van der Waals surface area (Å²) in [5.74, 6) is -1.07. The Morgan fingerprint density at radius 1 is 0.826 bits per heavy atom. The fourth-order valence-electron chi connectivity index (χ4n) is 2.81. The lowest BCUT2D eigenvalue weighted by atomic mass is 10.0. The molecule has 0 bridgehead atoms. The van der Waals surface area contributed by atoms with Crippen LogP contribution in [0.4, 0.5) is 8.78 Å². The summed E-state index contributed by atoms with van der Waals surface area (Å²) in [6.07, 6.45) is 0.182. The van der Waals surface area contributed by atoms with Gasteiger partial charge in [-0.3, -0.25) is 0 Å². The summed E-state index contributed by atoms with van der Waals surface area (Å²) in [4.78, 5) is 0. The number of furan rings is 1. The zero-order chi connectivity index (χ0) is 16.0. The molecule has 0 saturated heterocycles. The van der Waals surface area contributed by atoms with Gasteiger partial charge in [-0.15, -0.1) is 0 Å². The first-order valence-electron chi connectivity index (χ1n) is 7.15. The summed E-state index contributed by atoms with van der Waals surface area (Å²) in [6.45, 7) is 0. The van der Waals surface area contributed by atoms with Gasteiger partial charge in [0.1, 0.15) is 22.8 Å². The molecule has 0 saturated carbocycles. The molecule has 1 nitrogen and oxygen atoms in total. The van der Waals surface area contributed by atoms with Crippen LogP contribution < -0.4 is 0 Å². The van der Waals surface area contributed by atoms with Crippen molar-refractivity contribution >= 4 is 33.5 Å². The second kappa shape index (κ2) is 5.36. The summed E-state index contributed by atoms with van der Waals surface area (Å²) in [5.41, 5.74) is 2.33. The lowest BCUT2D eigenvalue weighted by Crippen LogP contribution is -1.96. The lowest BCUT2D eigenvalue weighted by Gasteiger charge is -2.05. The van der Waals surface area contributed by atoms with Crippen molar-refractivity contribution in [2.75, 3.05) is 0 Å². The van der Waals surface area contributed by atoms with Crippen LogP contribution in [0.1, 0.15) is 11.1 Å². The van der Waals surface area contributed by atoms with Crippen molar-refractivity contribution in [3.05, 3.63) is 82.4 Å². The smallest absolute Gasteiger partial charge is 0.135 e. The van der Waals surface area contributed by atoms with Crippen LogP contribution in [-0.2, 0) is 6.42 Å². The second-order valence-corrected chi connectivity index (χ2v) is 5.89. The van der Waals surface area contributed by atoms with Crippen LogP contribution in [0.3, 0.4) is 0 Å². The fourth-order valence-corrected chi connectivity index (χ4v) is 2.98. The van der Waals surface area contributed by atoms with Crippen LogP contribution >= 0.6 is 11.6 Å². The zero-order valence-corrected chi connectivity index (χ0v) is 12.7. The molecule has 0 spiro atoms. The predicted molar refractivity (Wildman–Crippen MR) is 87.9 cm³/mol. The first kappa shape index (κ1) is 14.2. The minimum absolute atomic E-state index is 0.0673. The number of rotatable bonds is 2. The third-order valence-corrected chi connectivity index (χ3v) is 4.17. The third kappa shape index (κ3) is 2.47. The molecule has 4 rings (SSSR count). The SMILES string of the molecule is Fc1cccc(F)c1Cc1ccc2oc3ccc(Cl)cc3c2c1. The maximum absolute atomic E-state index is 13.8. The van der Waals surface area contributed by atoms with E-state index in [0.717, 1.165) is 27.5 Å². The first-order valence-corrected chi connectivity index (χ1v) is 7.53. The number of hydrogen-bond donors (Lipinski definition) is 0. The Morgan fingerprint density at radius 2 is 1.48 bits per heavy atom. The molecule has 0 aliphatic carbocycles.